The molecule has 0 bridgehead atoms. The number of rotatable bonds is 6. The second-order valence-electron chi connectivity index (χ2n) is 6.35. The summed E-state index contributed by atoms with van der Waals surface area (Å²) in [5.41, 5.74) is 1.36. The molecule has 24 heavy (non-hydrogen) atoms. The van der Waals surface area contributed by atoms with E-state index >= 15 is 0 Å². The molecule has 1 fully saturated rings. The maximum absolute atomic E-state index is 14.1. The fourth-order valence-corrected chi connectivity index (χ4v) is 3.13. The molecule has 3 nitrogen and oxygen atoms in total. The van der Waals surface area contributed by atoms with Crippen molar-refractivity contribution in [2.45, 2.75) is 31.5 Å². The van der Waals surface area contributed by atoms with E-state index in [0.717, 1.165) is 23.3 Å². The van der Waals surface area contributed by atoms with E-state index in [2.05, 4.69) is 5.32 Å². The molecule has 1 amide bonds. The highest BCUT2D eigenvalue weighted by Crippen LogP contribution is 2.21. The molecule has 2 N–H and O–H groups in total. The van der Waals surface area contributed by atoms with Crippen LogP contribution < -0.4 is 10.2 Å². The molecule has 126 valence electrons. The van der Waals surface area contributed by atoms with Gasteiger partial charge >= 0.3 is 0 Å². The van der Waals surface area contributed by atoms with Crippen LogP contribution in [-0.2, 0) is 11.3 Å². The molecule has 0 spiro atoms. The summed E-state index contributed by atoms with van der Waals surface area (Å²) in [6, 6.07) is 14.2. The molecule has 2 atom stereocenters. The molecular weight excluding hydrogens is 327 g/mol. The van der Waals surface area contributed by atoms with Crippen molar-refractivity contribution in [2.75, 3.05) is 7.05 Å². The van der Waals surface area contributed by atoms with Crippen LogP contribution in [0.3, 0.4) is 0 Å². The summed E-state index contributed by atoms with van der Waals surface area (Å²) in [5, 5.41) is 3.45. The van der Waals surface area contributed by atoms with Crippen LogP contribution >= 0.6 is 11.6 Å². The van der Waals surface area contributed by atoms with Crippen LogP contribution in [0.2, 0.25) is 5.02 Å². The molecule has 1 aliphatic carbocycles. The quantitative estimate of drug-likeness (QED) is 0.827. The predicted molar refractivity (Wildman–Crippen MR) is 92.3 cm³/mol. The molecule has 0 aromatic heterocycles. The van der Waals surface area contributed by atoms with Gasteiger partial charge < -0.3 is 10.2 Å². The number of amides is 1. The second-order valence-corrected chi connectivity index (χ2v) is 6.76. The van der Waals surface area contributed by atoms with E-state index in [1.54, 1.807) is 12.1 Å². The summed E-state index contributed by atoms with van der Waals surface area (Å²) < 4.78 is 14.1. The minimum Gasteiger partial charge on any atom is -0.348 e. The minimum atomic E-state index is -0.400. The smallest absolute Gasteiger partial charge is 0.283 e. The lowest BCUT2D eigenvalue weighted by molar-refractivity contribution is -0.916. The van der Waals surface area contributed by atoms with Gasteiger partial charge in [0.1, 0.15) is 12.4 Å². The molecule has 1 aliphatic rings. The van der Waals surface area contributed by atoms with Crippen LogP contribution in [0.1, 0.15) is 30.0 Å². The number of nitrogens with one attached hydrogen (secondary N) is 2. The number of benzene rings is 2. The number of carbonyl (C=O) groups is 1. The van der Waals surface area contributed by atoms with Crippen molar-refractivity contribution in [1.82, 2.24) is 5.32 Å². The van der Waals surface area contributed by atoms with Crippen LogP contribution in [0.5, 0.6) is 0 Å². The molecule has 0 aliphatic heterocycles. The second kappa shape index (κ2) is 7.32. The molecule has 0 saturated heterocycles. The summed E-state index contributed by atoms with van der Waals surface area (Å²) in [6.45, 7) is 0.336. The Kier molecular flexibility index (Phi) is 5.17. The van der Waals surface area contributed by atoms with Gasteiger partial charge in [0.15, 0.2) is 6.04 Å². The normalized spacial score (nSPS) is 16.5. The van der Waals surface area contributed by atoms with Crippen LogP contribution in [0.15, 0.2) is 48.5 Å². The summed E-state index contributed by atoms with van der Waals surface area (Å²) in [7, 11) is 1.90. The number of quaternary nitrogens is 1. The molecule has 0 radical (unpaired) electrons. The maximum atomic E-state index is 14.1. The first-order valence-electron chi connectivity index (χ1n) is 8.17. The van der Waals surface area contributed by atoms with Gasteiger partial charge in [0, 0.05) is 11.6 Å². The van der Waals surface area contributed by atoms with Gasteiger partial charge in [-0.25, -0.2) is 4.39 Å². The molecule has 0 heterocycles. The third-order valence-corrected chi connectivity index (χ3v) is 4.68. The first-order valence-corrected chi connectivity index (χ1v) is 8.54. The van der Waals surface area contributed by atoms with Crippen molar-refractivity contribution in [2.24, 2.45) is 0 Å². The van der Waals surface area contributed by atoms with Crippen LogP contribution in [0, 0.1) is 5.82 Å². The number of carbonyl (C=O) groups excluding carboxylic acids is 1. The van der Waals surface area contributed by atoms with Gasteiger partial charge in [-0.05, 0) is 25.0 Å². The Morgan fingerprint density at radius 1 is 1.25 bits per heavy atom. The van der Waals surface area contributed by atoms with Gasteiger partial charge in [0.05, 0.1) is 17.6 Å². The number of hydrogen-bond donors (Lipinski definition) is 2. The zero-order valence-corrected chi connectivity index (χ0v) is 14.3. The zero-order valence-electron chi connectivity index (χ0n) is 13.6. The van der Waals surface area contributed by atoms with Gasteiger partial charge in [-0.15, -0.1) is 0 Å². The molecule has 2 aromatic carbocycles. The average molecular weight is 348 g/mol. The molecule has 1 saturated carbocycles. The average Bonchev–Trinajstić information content (AvgIpc) is 3.36. The number of likely N-dealkylation sites (N-methyl/N-ethyl adjacent to an activating group) is 1. The van der Waals surface area contributed by atoms with Crippen molar-refractivity contribution in [3.63, 3.8) is 0 Å². The fourth-order valence-electron chi connectivity index (χ4n) is 2.90. The van der Waals surface area contributed by atoms with Crippen LogP contribution in [-0.4, -0.2) is 19.0 Å². The Balaban J connectivity index is 1.85. The summed E-state index contributed by atoms with van der Waals surface area (Å²) in [6.07, 6.45) is 2.07. The molecule has 1 unspecified atom stereocenters. The third-order valence-electron chi connectivity index (χ3n) is 4.33. The van der Waals surface area contributed by atoms with Crippen molar-refractivity contribution < 1.29 is 14.1 Å². The largest absolute Gasteiger partial charge is 0.348 e. The van der Waals surface area contributed by atoms with E-state index in [-0.39, 0.29) is 17.8 Å². The highest BCUT2D eigenvalue weighted by molar-refractivity contribution is 6.31. The first-order chi connectivity index (χ1) is 11.6. The van der Waals surface area contributed by atoms with E-state index in [0.29, 0.717) is 17.1 Å². The lowest BCUT2D eigenvalue weighted by Gasteiger charge is -2.25. The third kappa shape index (κ3) is 3.94. The molecule has 5 heteroatoms. The van der Waals surface area contributed by atoms with E-state index in [1.165, 1.54) is 6.07 Å². The molecular formula is C19H21ClFN2O+. The summed E-state index contributed by atoms with van der Waals surface area (Å²) >= 11 is 6.14. The Bertz CT molecular complexity index is 698. The summed E-state index contributed by atoms with van der Waals surface area (Å²) in [5.74, 6) is -0.357. The molecule has 2 aromatic rings. The van der Waals surface area contributed by atoms with Crippen molar-refractivity contribution in [1.29, 1.82) is 0 Å². The Labute approximate surface area is 146 Å². The number of hydrogen-bond acceptors (Lipinski definition) is 1. The lowest BCUT2D eigenvalue weighted by atomic mass is 10.0. The lowest BCUT2D eigenvalue weighted by Crippen LogP contribution is -3.09. The van der Waals surface area contributed by atoms with Crippen molar-refractivity contribution in [3.8, 4) is 0 Å². The van der Waals surface area contributed by atoms with E-state index in [4.69, 9.17) is 11.6 Å². The highest BCUT2D eigenvalue weighted by Gasteiger charge is 2.34. The minimum absolute atomic E-state index is 0.0198. The van der Waals surface area contributed by atoms with Crippen molar-refractivity contribution >= 4 is 17.5 Å². The zero-order chi connectivity index (χ0) is 17.1. The molecule has 3 rings (SSSR count). The Hall–Kier alpha value is -1.91. The van der Waals surface area contributed by atoms with Gasteiger partial charge in [-0.1, -0.05) is 48.0 Å². The van der Waals surface area contributed by atoms with E-state index in [1.807, 2.05) is 37.4 Å². The first kappa shape index (κ1) is 16.9. The SMILES string of the molecule is C[NH+](Cc1c(F)cccc1Cl)[C@H](C(=O)NC1CC1)c1ccccc1. The monoisotopic (exact) mass is 347 g/mol. The predicted octanol–water partition coefficient (Wildman–Crippen LogP) is 2.51. The van der Waals surface area contributed by atoms with Gasteiger partial charge in [0.2, 0.25) is 0 Å². The van der Waals surface area contributed by atoms with Gasteiger partial charge in [-0.2, -0.15) is 0 Å². The topological polar surface area (TPSA) is 33.5 Å². The van der Waals surface area contributed by atoms with Crippen LogP contribution in [0.25, 0.3) is 0 Å². The highest BCUT2D eigenvalue weighted by atomic mass is 35.5. The fraction of sp³-hybridized carbons (Fsp3) is 0.316. The maximum Gasteiger partial charge on any atom is 0.283 e. The Morgan fingerprint density at radius 3 is 2.58 bits per heavy atom. The van der Waals surface area contributed by atoms with Crippen molar-refractivity contribution in [3.05, 3.63) is 70.5 Å². The van der Waals surface area contributed by atoms with E-state index in [9.17, 15) is 9.18 Å². The summed E-state index contributed by atoms with van der Waals surface area (Å²) in [4.78, 5) is 13.6. The number of halogens is 2. The van der Waals surface area contributed by atoms with E-state index < -0.39 is 6.04 Å². The Morgan fingerprint density at radius 2 is 1.96 bits per heavy atom. The standard InChI is InChI=1S/C19H20ClFN2O/c1-23(12-15-16(20)8-5-9-17(15)21)18(13-6-3-2-4-7-13)19(24)22-14-10-11-14/h2-9,14,18H,10-12H2,1H3,(H,22,24)/p+1/t18-/m0/s1. The van der Waals surface area contributed by atoms with Gasteiger partial charge in [-0.3, -0.25) is 4.79 Å². The van der Waals surface area contributed by atoms with Gasteiger partial charge in [0.25, 0.3) is 5.91 Å². The van der Waals surface area contributed by atoms with Crippen LogP contribution in [0.4, 0.5) is 4.39 Å².